The van der Waals surface area contributed by atoms with Gasteiger partial charge in [0.05, 0.1) is 11.6 Å². The Bertz CT molecular complexity index is 1060. The highest BCUT2D eigenvalue weighted by Gasteiger charge is 2.19. The smallest absolute Gasteiger partial charge is 0.233 e. The van der Waals surface area contributed by atoms with Gasteiger partial charge in [-0.3, -0.25) is 9.69 Å². The van der Waals surface area contributed by atoms with E-state index in [0.717, 1.165) is 42.6 Å². The van der Waals surface area contributed by atoms with Crippen LogP contribution in [-0.2, 0) is 21.4 Å². The van der Waals surface area contributed by atoms with Gasteiger partial charge in [-0.1, -0.05) is 42.5 Å². The van der Waals surface area contributed by atoms with Gasteiger partial charge in [0.25, 0.3) is 0 Å². The second-order valence-electron chi connectivity index (χ2n) is 7.72. The van der Waals surface area contributed by atoms with Crippen molar-refractivity contribution in [3.8, 4) is 6.07 Å². The number of rotatable bonds is 8. The third-order valence-electron chi connectivity index (χ3n) is 5.31. The SMILES string of the molecule is N#Cc1ccc(CN2CCCN(C(=O)CCNS(=O)(=O)/C=C/c3ccccc3)CC2)cc1. The van der Waals surface area contributed by atoms with E-state index in [-0.39, 0.29) is 18.9 Å². The van der Waals surface area contributed by atoms with Gasteiger partial charge in [0.15, 0.2) is 0 Å². The standard InChI is InChI=1S/C24H28N4O3S/c25-19-22-7-9-23(10-8-22)20-27-14-4-15-28(17-16-27)24(29)11-13-26-32(30,31)18-12-21-5-2-1-3-6-21/h1-3,5-10,12,18,26H,4,11,13-17,20H2/b18-12+. The van der Waals surface area contributed by atoms with E-state index in [2.05, 4.69) is 15.7 Å². The maximum absolute atomic E-state index is 12.6. The van der Waals surface area contributed by atoms with Crippen LogP contribution in [0, 0.1) is 11.3 Å². The zero-order valence-electron chi connectivity index (χ0n) is 18.0. The van der Waals surface area contributed by atoms with Crippen LogP contribution in [0.5, 0.6) is 0 Å². The molecule has 0 unspecified atom stereocenters. The third-order valence-corrected chi connectivity index (χ3v) is 6.41. The summed E-state index contributed by atoms with van der Waals surface area (Å²) in [5.41, 5.74) is 2.58. The molecule has 1 amide bonds. The average molecular weight is 453 g/mol. The number of amides is 1. The first-order valence-electron chi connectivity index (χ1n) is 10.7. The fourth-order valence-electron chi connectivity index (χ4n) is 3.56. The van der Waals surface area contributed by atoms with Crippen LogP contribution in [0.4, 0.5) is 0 Å². The normalized spacial score (nSPS) is 15.4. The van der Waals surface area contributed by atoms with E-state index in [1.165, 1.54) is 6.08 Å². The lowest BCUT2D eigenvalue weighted by Crippen LogP contribution is -2.37. The molecule has 1 N–H and O–H groups in total. The summed E-state index contributed by atoms with van der Waals surface area (Å²) in [6.45, 7) is 3.80. The monoisotopic (exact) mass is 452 g/mol. The van der Waals surface area contributed by atoms with Crippen LogP contribution in [0.3, 0.4) is 0 Å². The molecule has 32 heavy (non-hydrogen) atoms. The molecule has 3 rings (SSSR count). The Morgan fingerprint density at radius 1 is 1.03 bits per heavy atom. The number of carbonyl (C=O) groups excluding carboxylic acids is 1. The molecule has 1 heterocycles. The number of nitrogens with one attached hydrogen (secondary N) is 1. The fourth-order valence-corrected chi connectivity index (χ4v) is 4.38. The van der Waals surface area contributed by atoms with Gasteiger partial charge in [0.2, 0.25) is 15.9 Å². The first-order chi connectivity index (χ1) is 15.4. The van der Waals surface area contributed by atoms with Crippen molar-refractivity contribution in [2.75, 3.05) is 32.7 Å². The largest absolute Gasteiger partial charge is 0.341 e. The summed E-state index contributed by atoms with van der Waals surface area (Å²) in [4.78, 5) is 16.7. The predicted octanol–water partition coefficient (Wildman–Crippen LogP) is 2.57. The van der Waals surface area contributed by atoms with Crippen molar-refractivity contribution in [2.24, 2.45) is 0 Å². The van der Waals surface area contributed by atoms with E-state index in [1.54, 1.807) is 0 Å². The molecule has 168 valence electrons. The minimum atomic E-state index is -3.59. The van der Waals surface area contributed by atoms with Gasteiger partial charge in [-0.05, 0) is 35.8 Å². The van der Waals surface area contributed by atoms with Crippen molar-refractivity contribution in [1.29, 1.82) is 5.26 Å². The highest BCUT2D eigenvalue weighted by atomic mass is 32.2. The molecule has 2 aromatic rings. The highest BCUT2D eigenvalue weighted by Crippen LogP contribution is 2.11. The number of carbonyl (C=O) groups is 1. The topological polar surface area (TPSA) is 93.5 Å². The minimum absolute atomic E-state index is 0.0417. The molecule has 0 aliphatic carbocycles. The molecule has 8 heteroatoms. The van der Waals surface area contributed by atoms with Crippen molar-refractivity contribution in [1.82, 2.24) is 14.5 Å². The molecule has 7 nitrogen and oxygen atoms in total. The maximum atomic E-state index is 12.6. The maximum Gasteiger partial charge on any atom is 0.233 e. The fraction of sp³-hybridized carbons (Fsp3) is 0.333. The van der Waals surface area contributed by atoms with Crippen LogP contribution < -0.4 is 4.72 Å². The van der Waals surface area contributed by atoms with Gasteiger partial charge in [0.1, 0.15) is 0 Å². The van der Waals surface area contributed by atoms with E-state index >= 15 is 0 Å². The number of sulfonamides is 1. The molecule has 0 spiro atoms. The minimum Gasteiger partial charge on any atom is -0.341 e. The van der Waals surface area contributed by atoms with E-state index in [9.17, 15) is 13.2 Å². The molecule has 0 aromatic heterocycles. The van der Waals surface area contributed by atoms with Gasteiger partial charge >= 0.3 is 0 Å². The first kappa shape index (κ1) is 23.7. The Balaban J connectivity index is 1.42. The molecule has 0 bridgehead atoms. The quantitative estimate of drug-likeness (QED) is 0.664. The Hall–Kier alpha value is -2.99. The Labute approximate surface area is 190 Å². The van der Waals surface area contributed by atoms with Crippen molar-refractivity contribution in [2.45, 2.75) is 19.4 Å². The number of hydrogen-bond acceptors (Lipinski definition) is 5. The van der Waals surface area contributed by atoms with Crippen LogP contribution in [0.25, 0.3) is 6.08 Å². The molecule has 1 aliphatic rings. The van der Waals surface area contributed by atoms with E-state index < -0.39 is 10.0 Å². The summed E-state index contributed by atoms with van der Waals surface area (Å²) < 4.78 is 26.7. The molecule has 0 radical (unpaired) electrons. The summed E-state index contributed by atoms with van der Waals surface area (Å²) in [7, 11) is -3.59. The van der Waals surface area contributed by atoms with Crippen LogP contribution in [-0.4, -0.2) is 56.8 Å². The number of hydrogen-bond donors (Lipinski definition) is 1. The van der Waals surface area contributed by atoms with Crippen molar-refractivity contribution >= 4 is 22.0 Å². The lowest BCUT2D eigenvalue weighted by molar-refractivity contribution is -0.130. The zero-order valence-corrected chi connectivity index (χ0v) is 18.8. The predicted molar refractivity (Wildman–Crippen MR) is 125 cm³/mol. The summed E-state index contributed by atoms with van der Waals surface area (Å²) in [5, 5.41) is 10.0. The van der Waals surface area contributed by atoms with Crippen molar-refractivity contribution < 1.29 is 13.2 Å². The zero-order chi connectivity index (χ0) is 22.8. The van der Waals surface area contributed by atoms with Crippen molar-refractivity contribution in [3.05, 3.63) is 76.7 Å². The summed E-state index contributed by atoms with van der Waals surface area (Å²) >= 11 is 0. The second-order valence-corrected chi connectivity index (χ2v) is 9.37. The molecule has 1 saturated heterocycles. The van der Waals surface area contributed by atoms with Gasteiger partial charge < -0.3 is 4.90 Å². The van der Waals surface area contributed by atoms with Crippen LogP contribution in [0.1, 0.15) is 29.5 Å². The Kier molecular flexibility index (Phi) is 8.56. The van der Waals surface area contributed by atoms with Crippen LogP contribution in [0.15, 0.2) is 60.0 Å². The average Bonchev–Trinajstić information content (AvgIpc) is 3.04. The highest BCUT2D eigenvalue weighted by molar-refractivity contribution is 7.92. The van der Waals surface area contributed by atoms with Gasteiger partial charge in [-0.2, -0.15) is 5.26 Å². The molecule has 2 aromatic carbocycles. The second kappa shape index (κ2) is 11.6. The summed E-state index contributed by atoms with van der Waals surface area (Å²) in [5.74, 6) is -0.0417. The van der Waals surface area contributed by atoms with E-state index in [1.807, 2.05) is 59.5 Å². The van der Waals surface area contributed by atoms with Crippen LogP contribution in [0.2, 0.25) is 0 Å². The lowest BCUT2D eigenvalue weighted by atomic mass is 10.1. The molecular weight excluding hydrogens is 424 g/mol. The lowest BCUT2D eigenvalue weighted by Gasteiger charge is -2.22. The molecule has 0 atom stereocenters. The first-order valence-corrected chi connectivity index (χ1v) is 12.2. The number of benzene rings is 2. The molecule has 1 aliphatic heterocycles. The van der Waals surface area contributed by atoms with Crippen molar-refractivity contribution in [3.63, 3.8) is 0 Å². The van der Waals surface area contributed by atoms with E-state index in [4.69, 9.17) is 5.26 Å². The molecular formula is C24H28N4O3S. The van der Waals surface area contributed by atoms with E-state index in [0.29, 0.717) is 18.7 Å². The number of nitrogens with zero attached hydrogens (tertiary/aromatic N) is 3. The number of nitriles is 1. The molecule has 1 fully saturated rings. The summed E-state index contributed by atoms with van der Waals surface area (Å²) in [6, 6.07) is 18.9. The Morgan fingerprint density at radius 2 is 1.78 bits per heavy atom. The van der Waals surface area contributed by atoms with Gasteiger partial charge in [-0.15, -0.1) is 0 Å². The molecule has 0 saturated carbocycles. The summed E-state index contributed by atoms with van der Waals surface area (Å²) in [6.07, 6.45) is 2.53. The van der Waals surface area contributed by atoms with Gasteiger partial charge in [0, 0.05) is 51.1 Å². The van der Waals surface area contributed by atoms with Crippen LogP contribution >= 0.6 is 0 Å². The Morgan fingerprint density at radius 3 is 2.50 bits per heavy atom. The third kappa shape index (κ3) is 7.61. The van der Waals surface area contributed by atoms with Gasteiger partial charge in [-0.25, -0.2) is 13.1 Å².